The topological polar surface area (TPSA) is 55.4 Å². The average molecular weight is 275 g/mol. The molecule has 3 atom stereocenters. The van der Waals surface area contributed by atoms with Crippen LogP contribution < -0.4 is 5.32 Å². The molecule has 108 valence electrons. The Bertz CT molecular complexity index is 484. The monoisotopic (exact) mass is 275 g/mol. The van der Waals surface area contributed by atoms with Gasteiger partial charge in [-0.2, -0.15) is 0 Å². The third kappa shape index (κ3) is 3.25. The van der Waals surface area contributed by atoms with E-state index in [1.807, 2.05) is 44.2 Å². The van der Waals surface area contributed by atoms with Crippen LogP contribution in [0.5, 0.6) is 0 Å². The summed E-state index contributed by atoms with van der Waals surface area (Å²) in [5.74, 6) is -0.349. The number of carbonyl (C=O) groups excluding carboxylic acids is 2. The van der Waals surface area contributed by atoms with Crippen molar-refractivity contribution in [3.63, 3.8) is 0 Å². The molecule has 1 heterocycles. The van der Waals surface area contributed by atoms with Crippen LogP contribution in [0.15, 0.2) is 30.3 Å². The molecular formula is C16H21NO3. The maximum Gasteiger partial charge on any atom is 0.323 e. The van der Waals surface area contributed by atoms with Gasteiger partial charge in [-0.05, 0) is 32.8 Å². The average Bonchev–Trinajstić information content (AvgIpc) is 2.84. The molecule has 0 amide bonds. The van der Waals surface area contributed by atoms with E-state index in [0.717, 1.165) is 5.56 Å². The van der Waals surface area contributed by atoms with Gasteiger partial charge in [0.1, 0.15) is 11.8 Å². The first kappa shape index (κ1) is 14.7. The van der Waals surface area contributed by atoms with E-state index in [1.165, 1.54) is 0 Å². The van der Waals surface area contributed by atoms with Crippen LogP contribution in [0.1, 0.15) is 38.8 Å². The van der Waals surface area contributed by atoms with Crippen molar-refractivity contribution in [2.75, 3.05) is 0 Å². The molecule has 1 fully saturated rings. The Morgan fingerprint density at radius 2 is 1.90 bits per heavy atom. The lowest BCUT2D eigenvalue weighted by atomic mass is 9.90. The molecule has 2 rings (SSSR count). The summed E-state index contributed by atoms with van der Waals surface area (Å²) in [6.45, 7) is 5.23. The second-order valence-electron chi connectivity index (χ2n) is 5.55. The van der Waals surface area contributed by atoms with Gasteiger partial charge in [0, 0.05) is 12.0 Å². The summed E-state index contributed by atoms with van der Waals surface area (Å²) in [6, 6.07) is 9.25. The molecule has 1 N–H and O–H groups in total. The zero-order valence-corrected chi connectivity index (χ0v) is 12.1. The summed E-state index contributed by atoms with van der Waals surface area (Å²) < 4.78 is 5.23. The Morgan fingerprint density at radius 3 is 2.45 bits per heavy atom. The van der Waals surface area contributed by atoms with Gasteiger partial charge in [-0.25, -0.2) is 0 Å². The van der Waals surface area contributed by atoms with Gasteiger partial charge in [-0.1, -0.05) is 30.3 Å². The van der Waals surface area contributed by atoms with Gasteiger partial charge in [0.2, 0.25) is 0 Å². The zero-order valence-electron chi connectivity index (χ0n) is 12.1. The Morgan fingerprint density at radius 1 is 1.25 bits per heavy atom. The van der Waals surface area contributed by atoms with Crippen LogP contribution in [0.4, 0.5) is 0 Å². The third-order valence-corrected chi connectivity index (χ3v) is 3.59. The van der Waals surface area contributed by atoms with Crippen molar-refractivity contribution in [3.05, 3.63) is 35.9 Å². The molecule has 0 unspecified atom stereocenters. The number of Topliss-reactive ketones (excluding diaryl/α,β-unsaturated/α-hetero) is 1. The van der Waals surface area contributed by atoms with Crippen molar-refractivity contribution in [1.82, 2.24) is 5.32 Å². The smallest absolute Gasteiger partial charge is 0.323 e. The lowest BCUT2D eigenvalue weighted by Gasteiger charge is -2.18. The fraction of sp³-hybridized carbons (Fsp3) is 0.500. The minimum atomic E-state index is -0.406. The zero-order chi connectivity index (χ0) is 14.7. The lowest BCUT2D eigenvalue weighted by molar-refractivity contribution is -0.149. The number of rotatable bonds is 4. The van der Waals surface area contributed by atoms with Gasteiger partial charge >= 0.3 is 5.97 Å². The minimum Gasteiger partial charge on any atom is -0.462 e. The molecule has 1 aliphatic rings. The molecule has 1 aromatic carbocycles. The van der Waals surface area contributed by atoms with Crippen LogP contribution in [-0.4, -0.2) is 23.9 Å². The van der Waals surface area contributed by atoms with Crippen molar-refractivity contribution in [1.29, 1.82) is 0 Å². The van der Waals surface area contributed by atoms with Crippen molar-refractivity contribution in [2.45, 2.75) is 45.4 Å². The molecule has 1 saturated heterocycles. The van der Waals surface area contributed by atoms with Crippen LogP contribution >= 0.6 is 0 Å². The highest BCUT2D eigenvalue weighted by Crippen LogP contribution is 2.33. The second-order valence-corrected chi connectivity index (χ2v) is 5.55. The van der Waals surface area contributed by atoms with Crippen molar-refractivity contribution < 1.29 is 14.3 Å². The maximum absolute atomic E-state index is 12.0. The first-order chi connectivity index (χ1) is 9.49. The van der Waals surface area contributed by atoms with E-state index in [0.29, 0.717) is 6.42 Å². The highest BCUT2D eigenvalue weighted by atomic mass is 16.5. The molecule has 1 aliphatic heterocycles. The van der Waals surface area contributed by atoms with Gasteiger partial charge in [-0.15, -0.1) is 0 Å². The molecule has 4 nitrogen and oxygen atoms in total. The summed E-state index contributed by atoms with van der Waals surface area (Å²) in [6.07, 6.45) is 0.358. The maximum atomic E-state index is 12.0. The van der Waals surface area contributed by atoms with E-state index in [4.69, 9.17) is 4.74 Å². The summed E-state index contributed by atoms with van der Waals surface area (Å²) in [7, 11) is 0. The molecule has 0 aromatic heterocycles. The molecule has 0 aliphatic carbocycles. The number of hydrogen-bond donors (Lipinski definition) is 1. The number of hydrogen-bond acceptors (Lipinski definition) is 4. The predicted octanol–water partition coefficient (Wildman–Crippen LogP) is 2.25. The molecule has 0 bridgehead atoms. The van der Waals surface area contributed by atoms with Gasteiger partial charge in [0.05, 0.1) is 6.10 Å². The van der Waals surface area contributed by atoms with E-state index >= 15 is 0 Å². The Labute approximate surface area is 119 Å². The number of benzene rings is 1. The summed E-state index contributed by atoms with van der Waals surface area (Å²) >= 11 is 0. The van der Waals surface area contributed by atoms with Crippen LogP contribution in [0, 0.1) is 5.92 Å². The predicted molar refractivity (Wildman–Crippen MR) is 76.1 cm³/mol. The van der Waals surface area contributed by atoms with E-state index in [1.54, 1.807) is 6.92 Å². The number of nitrogens with one attached hydrogen (secondary N) is 1. The molecule has 20 heavy (non-hydrogen) atoms. The molecule has 4 heteroatoms. The quantitative estimate of drug-likeness (QED) is 0.856. The van der Waals surface area contributed by atoms with Gasteiger partial charge in [0.25, 0.3) is 0 Å². The number of ether oxygens (including phenoxy) is 1. The Hall–Kier alpha value is -1.68. The molecular weight excluding hydrogens is 254 g/mol. The number of carbonyl (C=O) groups is 2. The summed E-state index contributed by atoms with van der Waals surface area (Å²) in [5.41, 5.74) is 1.03. The first-order valence-electron chi connectivity index (χ1n) is 7.01. The summed E-state index contributed by atoms with van der Waals surface area (Å²) in [5, 5.41) is 3.25. The number of esters is 1. The van der Waals surface area contributed by atoms with Crippen molar-refractivity contribution >= 4 is 11.8 Å². The number of ketones is 1. The van der Waals surface area contributed by atoms with Crippen molar-refractivity contribution in [3.8, 4) is 0 Å². The Kier molecular flexibility index (Phi) is 4.55. The van der Waals surface area contributed by atoms with E-state index in [9.17, 15) is 9.59 Å². The molecule has 0 radical (unpaired) electrons. The van der Waals surface area contributed by atoms with Crippen LogP contribution in [0.3, 0.4) is 0 Å². The SMILES string of the molecule is CC(=O)[C@@H]1C[C@@H](C(=O)OC(C)C)N[C@@H]1c1ccccc1. The standard InChI is InChI=1S/C16H21NO3/c1-10(2)20-16(19)14-9-13(11(3)18)15(17-14)12-7-5-4-6-8-12/h4-8,10,13-15,17H,9H2,1-3H3/t13-,14-,15+/m0/s1. The largest absolute Gasteiger partial charge is 0.462 e. The normalized spacial score (nSPS) is 25.7. The van der Waals surface area contributed by atoms with Gasteiger partial charge in [-0.3, -0.25) is 14.9 Å². The molecule has 0 saturated carbocycles. The molecule has 0 spiro atoms. The Balaban J connectivity index is 2.16. The highest BCUT2D eigenvalue weighted by Gasteiger charge is 2.41. The van der Waals surface area contributed by atoms with Crippen molar-refractivity contribution in [2.24, 2.45) is 5.92 Å². The first-order valence-corrected chi connectivity index (χ1v) is 7.01. The highest BCUT2D eigenvalue weighted by molar-refractivity contribution is 5.83. The van der Waals surface area contributed by atoms with Crippen LogP contribution in [-0.2, 0) is 14.3 Å². The van der Waals surface area contributed by atoms with E-state index in [-0.39, 0.29) is 29.8 Å². The van der Waals surface area contributed by atoms with Crippen LogP contribution in [0.2, 0.25) is 0 Å². The fourth-order valence-electron chi connectivity index (χ4n) is 2.66. The fourth-order valence-corrected chi connectivity index (χ4v) is 2.66. The van der Waals surface area contributed by atoms with Gasteiger partial charge < -0.3 is 4.74 Å². The van der Waals surface area contributed by atoms with E-state index in [2.05, 4.69) is 5.32 Å². The second kappa shape index (κ2) is 6.18. The summed E-state index contributed by atoms with van der Waals surface area (Å²) in [4.78, 5) is 23.8. The minimum absolute atomic E-state index is 0.103. The van der Waals surface area contributed by atoms with Gasteiger partial charge in [0.15, 0.2) is 0 Å². The van der Waals surface area contributed by atoms with E-state index < -0.39 is 6.04 Å². The lowest BCUT2D eigenvalue weighted by Crippen LogP contribution is -2.35. The third-order valence-electron chi connectivity index (χ3n) is 3.59. The van der Waals surface area contributed by atoms with Crippen LogP contribution in [0.25, 0.3) is 0 Å². The molecule has 1 aromatic rings.